The highest BCUT2D eigenvalue weighted by Crippen LogP contribution is 2.41. The molecule has 1 N–H and O–H groups in total. The van der Waals surface area contributed by atoms with Gasteiger partial charge in [0.25, 0.3) is 6.43 Å². The fourth-order valence-corrected chi connectivity index (χ4v) is 2.64. The lowest BCUT2D eigenvalue weighted by Crippen LogP contribution is -2.25. The highest BCUT2D eigenvalue weighted by Gasteiger charge is 2.42. The molecule has 0 bridgehead atoms. The summed E-state index contributed by atoms with van der Waals surface area (Å²) in [6.45, 7) is 6.26. The molecule has 0 aromatic carbocycles. The van der Waals surface area contributed by atoms with Crippen LogP contribution in [0.15, 0.2) is 0 Å². The highest BCUT2D eigenvalue weighted by atomic mass is 19.4. The minimum atomic E-state index is -5.07. The SMILES string of the molecule is COC(=O)c1c(C(F)F)nc(C(F)(F)F)c(C(O)C(C)C)c1CC(C)C. The normalized spacial score (nSPS) is 13.6. The van der Waals surface area contributed by atoms with E-state index in [-0.39, 0.29) is 17.9 Å². The Hall–Kier alpha value is -1.77. The molecule has 0 aliphatic rings. The van der Waals surface area contributed by atoms with Gasteiger partial charge in [-0.2, -0.15) is 13.2 Å². The van der Waals surface area contributed by atoms with Crippen molar-refractivity contribution in [1.29, 1.82) is 0 Å². The summed E-state index contributed by atoms with van der Waals surface area (Å²) in [4.78, 5) is 15.1. The van der Waals surface area contributed by atoms with Crippen LogP contribution in [0.4, 0.5) is 22.0 Å². The second-order valence-corrected chi connectivity index (χ2v) is 6.69. The molecule has 0 fully saturated rings. The molecule has 1 unspecified atom stereocenters. The summed E-state index contributed by atoms with van der Waals surface area (Å²) in [6.07, 6.45) is -10.3. The van der Waals surface area contributed by atoms with Crippen molar-refractivity contribution in [3.63, 3.8) is 0 Å². The predicted octanol–water partition coefficient (Wildman–Crippen LogP) is 4.71. The van der Waals surface area contributed by atoms with Crippen LogP contribution in [0, 0.1) is 11.8 Å². The number of ether oxygens (including phenoxy) is 1. The maximum atomic E-state index is 13.5. The van der Waals surface area contributed by atoms with E-state index < -0.39 is 53.1 Å². The lowest BCUT2D eigenvalue weighted by Gasteiger charge is -2.26. The van der Waals surface area contributed by atoms with Crippen molar-refractivity contribution in [2.75, 3.05) is 7.11 Å². The number of rotatable bonds is 6. The van der Waals surface area contributed by atoms with E-state index in [0.29, 0.717) is 0 Å². The molecule has 0 saturated carbocycles. The van der Waals surface area contributed by atoms with Crippen molar-refractivity contribution >= 4 is 5.97 Å². The van der Waals surface area contributed by atoms with E-state index in [2.05, 4.69) is 9.72 Å². The number of hydrogen-bond donors (Lipinski definition) is 1. The first-order valence-electron chi connectivity index (χ1n) is 8.01. The molecular formula is C17H22F5NO3. The molecule has 0 radical (unpaired) electrons. The summed E-state index contributed by atoms with van der Waals surface area (Å²) in [5, 5.41) is 10.4. The van der Waals surface area contributed by atoms with Crippen LogP contribution in [0.1, 0.15) is 73.1 Å². The van der Waals surface area contributed by atoms with Crippen LogP contribution in [-0.2, 0) is 17.3 Å². The van der Waals surface area contributed by atoms with Gasteiger partial charge >= 0.3 is 12.1 Å². The second kappa shape index (κ2) is 8.28. The van der Waals surface area contributed by atoms with Crippen molar-refractivity contribution in [3.8, 4) is 0 Å². The summed E-state index contributed by atoms with van der Waals surface area (Å²) >= 11 is 0. The summed E-state index contributed by atoms with van der Waals surface area (Å²) in [5.74, 6) is -2.15. The number of aromatic nitrogens is 1. The van der Waals surface area contributed by atoms with Crippen molar-refractivity contribution < 1.29 is 36.6 Å². The lowest BCUT2D eigenvalue weighted by atomic mass is 9.85. The second-order valence-electron chi connectivity index (χ2n) is 6.69. The standard InChI is InChI=1S/C17H22F5NO3/c1-7(2)6-9-10(16(25)26-5)12(15(18)19)23-14(17(20,21)22)11(9)13(24)8(3)4/h7-8,13,15,24H,6H2,1-5H3. The van der Waals surface area contributed by atoms with Gasteiger partial charge < -0.3 is 9.84 Å². The molecule has 1 aromatic heterocycles. The molecule has 1 aromatic rings. The maximum absolute atomic E-state index is 13.5. The first kappa shape index (κ1) is 22.3. The third-order valence-electron chi connectivity index (χ3n) is 3.77. The molecular weight excluding hydrogens is 361 g/mol. The largest absolute Gasteiger partial charge is 0.465 e. The van der Waals surface area contributed by atoms with E-state index in [1.54, 1.807) is 13.8 Å². The number of esters is 1. The number of pyridine rings is 1. The first-order valence-corrected chi connectivity index (χ1v) is 8.01. The zero-order valence-corrected chi connectivity index (χ0v) is 15.1. The van der Waals surface area contributed by atoms with Gasteiger partial charge in [-0.25, -0.2) is 18.6 Å². The molecule has 0 amide bonds. The zero-order valence-electron chi connectivity index (χ0n) is 15.1. The molecule has 0 aliphatic carbocycles. The van der Waals surface area contributed by atoms with Gasteiger partial charge in [0, 0.05) is 5.56 Å². The smallest absolute Gasteiger partial charge is 0.433 e. The molecule has 0 saturated heterocycles. The number of aliphatic hydroxyl groups excluding tert-OH is 1. The van der Waals surface area contributed by atoms with Crippen molar-refractivity contribution in [2.45, 2.75) is 52.8 Å². The van der Waals surface area contributed by atoms with Crippen LogP contribution in [0.25, 0.3) is 0 Å². The van der Waals surface area contributed by atoms with Gasteiger partial charge in [0.1, 0.15) is 5.69 Å². The van der Waals surface area contributed by atoms with Gasteiger partial charge in [0.15, 0.2) is 5.69 Å². The van der Waals surface area contributed by atoms with E-state index in [9.17, 15) is 31.9 Å². The van der Waals surface area contributed by atoms with Gasteiger partial charge in [0.2, 0.25) is 0 Å². The molecule has 1 rings (SSSR count). The topological polar surface area (TPSA) is 59.4 Å². The van der Waals surface area contributed by atoms with Crippen LogP contribution in [0.5, 0.6) is 0 Å². The third-order valence-corrected chi connectivity index (χ3v) is 3.77. The van der Waals surface area contributed by atoms with E-state index >= 15 is 0 Å². The van der Waals surface area contributed by atoms with Crippen LogP contribution in [0.3, 0.4) is 0 Å². The molecule has 26 heavy (non-hydrogen) atoms. The van der Waals surface area contributed by atoms with Crippen molar-refractivity contribution in [1.82, 2.24) is 4.98 Å². The van der Waals surface area contributed by atoms with Crippen LogP contribution >= 0.6 is 0 Å². The van der Waals surface area contributed by atoms with E-state index in [1.165, 1.54) is 13.8 Å². The van der Waals surface area contributed by atoms with Gasteiger partial charge in [-0.15, -0.1) is 0 Å². The third kappa shape index (κ3) is 4.69. The molecule has 1 atom stereocenters. The number of halogens is 5. The number of nitrogens with zero attached hydrogens (tertiary/aromatic N) is 1. The average molecular weight is 383 g/mol. The Balaban J connectivity index is 4.07. The molecule has 0 aliphatic heterocycles. The summed E-state index contributed by atoms with van der Waals surface area (Å²) < 4.78 is 71.8. The Labute approximate surface area is 148 Å². The lowest BCUT2D eigenvalue weighted by molar-refractivity contribution is -0.143. The minimum Gasteiger partial charge on any atom is -0.465 e. The van der Waals surface area contributed by atoms with Crippen LogP contribution in [-0.4, -0.2) is 23.2 Å². The number of carbonyl (C=O) groups is 1. The number of aliphatic hydroxyl groups is 1. The summed E-state index contributed by atoms with van der Waals surface area (Å²) in [7, 11) is 0.937. The monoisotopic (exact) mass is 383 g/mol. The molecule has 0 spiro atoms. The molecule has 1 heterocycles. The Morgan fingerprint density at radius 3 is 2.08 bits per heavy atom. The highest BCUT2D eigenvalue weighted by molar-refractivity contribution is 5.93. The first-order chi connectivity index (χ1) is 11.8. The van der Waals surface area contributed by atoms with Crippen molar-refractivity contribution in [3.05, 3.63) is 28.1 Å². The quantitative estimate of drug-likeness (QED) is 0.571. The van der Waals surface area contributed by atoms with Gasteiger partial charge in [-0.3, -0.25) is 0 Å². The fourth-order valence-electron chi connectivity index (χ4n) is 2.64. The van der Waals surface area contributed by atoms with E-state index in [4.69, 9.17) is 0 Å². The van der Waals surface area contributed by atoms with Gasteiger partial charge in [-0.1, -0.05) is 27.7 Å². The van der Waals surface area contributed by atoms with Crippen LogP contribution in [0.2, 0.25) is 0 Å². The average Bonchev–Trinajstić information content (AvgIpc) is 2.50. The van der Waals surface area contributed by atoms with Crippen molar-refractivity contribution in [2.24, 2.45) is 11.8 Å². The Morgan fingerprint density at radius 1 is 1.19 bits per heavy atom. The Bertz CT molecular complexity index is 657. The maximum Gasteiger partial charge on any atom is 0.433 e. The van der Waals surface area contributed by atoms with Crippen LogP contribution < -0.4 is 0 Å². The van der Waals surface area contributed by atoms with E-state index in [1.807, 2.05) is 0 Å². The molecule has 148 valence electrons. The Kier molecular flexibility index (Phi) is 7.09. The molecule has 4 nitrogen and oxygen atoms in total. The number of hydrogen-bond acceptors (Lipinski definition) is 4. The van der Waals surface area contributed by atoms with E-state index in [0.717, 1.165) is 7.11 Å². The van der Waals surface area contributed by atoms with Gasteiger partial charge in [-0.05, 0) is 23.8 Å². The summed E-state index contributed by atoms with van der Waals surface area (Å²) in [6, 6.07) is 0. The Morgan fingerprint density at radius 2 is 1.73 bits per heavy atom. The number of carbonyl (C=O) groups excluding carboxylic acids is 1. The number of alkyl halides is 5. The molecule has 9 heteroatoms. The zero-order chi connectivity index (χ0) is 20.4. The number of methoxy groups -OCH3 is 1. The fraction of sp³-hybridized carbons (Fsp3) is 0.647. The van der Waals surface area contributed by atoms with Gasteiger partial charge in [0.05, 0.1) is 18.8 Å². The summed E-state index contributed by atoms with van der Waals surface area (Å²) in [5.41, 5.74) is -4.55. The predicted molar refractivity (Wildman–Crippen MR) is 83.9 cm³/mol. The minimum absolute atomic E-state index is 0.130.